The van der Waals surface area contributed by atoms with Crippen LogP contribution in [0.5, 0.6) is 5.75 Å². The quantitative estimate of drug-likeness (QED) is 0.267. The normalized spacial score (nSPS) is 15.6. The Morgan fingerprint density at radius 1 is 0.875 bits per heavy atom. The van der Waals surface area contributed by atoms with Crippen molar-refractivity contribution in [2.45, 2.75) is 18.8 Å². The van der Waals surface area contributed by atoms with Gasteiger partial charge in [-0.05, 0) is 34.9 Å². The standard InChI is InChI=1S/C33H37N3O4/c1-38-24-29-22-32(40-34-29)17-14-26-12-15-31(16-13-26)39-25-30(37)23-35-18-20-36(21-19-35)33(27-8-4-2-5-9-27)28-10-6-3-7-11-28/h2-17,22,30,33,37H,18-21,23-25H2,1H3/b17-14+. The second-order valence-electron chi connectivity index (χ2n) is 10.1. The number of aromatic nitrogens is 1. The first-order valence-corrected chi connectivity index (χ1v) is 13.8. The maximum Gasteiger partial charge on any atom is 0.160 e. The van der Waals surface area contributed by atoms with E-state index in [-0.39, 0.29) is 12.6 Å². The van der Waals surface area contributed by atoms with Gasteiger partial charge in [0.15, 0.2) is 5.76 Å². The predicted molar refractivity (Wildman–Crippen MR) is 157 cm³/mol. The average molecular weight is 540 g/mol. The Labute approximate surface area is 236 Å². The maximum absolute atomic E-state index is 10.7. The number of aliphatic hydroxyl groups excluding tert-OH is 1. The first-order chi connectivity index (χ1) is 19.7. The van der Waals surface area contributed by atoms with Crippen LogP contribution in [0, 0.1) is 0 Å². The number of ether oxygens (including phenoxy) is 2. The SMILES string of the molecule is COCc1cc(/C=C/c2ccc(OCC(O)CN3CCN(C(c4ccccc4)c4ccccc4)CC3)cc2)on1. The fourth-order valence-corrected chi connectivity index (χ4v) is 5.11. The van der Waals surface area contributed by atoms with E-state index in [1.54, 1.807) is 7.11 Å². The minimum absolute atomic E-state index is 0.236. The van der Waals surface area contributed by atoms with Gasteiger partial charge in [-0.2, -0.15) is 0 Å². The Morgan fingerprint density at radius 3 is 2.15 bits per heavy atom. The number of nitrogens with zero attached hydrogens (tertiary/aromatic N) is 3. The molecule has 0 amide bonds. The summed E-state index contributed by atoms with van der Waals surface area (Å²) in [7, 11) is 1.63. The van der Waals surface area contributed by atoms with Gasteiger partial charge < -0.3 is 19.1 Å². The molecule has 5 rings (SSSR count). The molecular weight excluding hydrogens is 502 g/mol. The lowest BCUT2D eigenvalue weighted by molar-refractivity contribution is 0.0401. The lowest BCUT2D eigenvalue weighted by Crippen LogP contribution is -2.50. The molecule has 1 saturated heterocycles. The van der Waals surface area contributed by atoms with Crippen LogP contribution in [0.1, 0.15) is 34.2 Å². The molecule has 1 aliphatic heterocycles. The van der Waals surface area contributed by atoms with Crippen molar-refractivity contribution in [1.29, 1.82) is 0 Å². The van der Waals surface area contributed by atoms with Crippen LogP contribution in [-0.2, 0) is 11.3 Å². The summed E-state index contributed by atoms with van der Waals surface area (Å²) < 4.78 is 16.2. The molecule has 0 aliphatic carbocycles. The molecule has 1 fully saturated rings. The minimum Gasteiger partial charge on any atom is -0.491 e. The van der Waals surface area contributed by atoms with E-state index in [9.17, 15) is 5.11 Å². The van der Waals surface area contributed by atoms with Crippen molar-refractivity contribution in [3.63, 3.8) is 0 Å². The molecular formula is C33H37N3O4. The molecule has 4 aromatic rings. The molecule has 0 bridgehead atoms. The van der Waals surface area contributed by atoms with Crippen LogP contribution in [0.15, 0.2) is 95.5 Å². The van der Waals surface area contributed by atoms with Gasteiger partial charge in [0, 0.05) is 45.9 Å². The molecule has 1 N–H and O–H groups in total. The molecule has 0 radical (unpaired) electrons. The van der Waals surface area contributed by atoms with E-state index in [1.807, 2.05) is 42.5 Å². The number of piperazine rings is 1. The fourth-order valence-electron chi connectivity index (χ4n) is 5.11. The molecule has 2 heterocycles. The van der Waals surface area contributed by atoms with Crippen molar-refractivity contribution >= 4 is 12.2 Å². The zero-order valence-electron chi connectivity index (χ0n) is 22.9. The number of hydrogen-bond acceptors (Lipinski definition) is 7. The van der Waals surface area contributed by atoms with Gasteiger partial charge in [0.2, 0.25) is 0 Å². The third-order valence-corrected chi connectivity index (χ3v) is 7.10. The molecule has 1 unspecified atom stereocenters. The number of rotatable bonds is 12. The van der Waals surface area contributed by atoms with Gasteiger partial charge in [0.05, 0.1) is 12.6 Å². The molecule has 40 heavy (non-hydrogen) atoms. The highest BCUT2D eigenvalue weighted by atomic mass is 16.5. The van der Waals surface area contributed by atoms with Gasteiger partial charge in [-0.1, -0.05) is 84.0 Å². The average Bonchev–Trinajstić information content (AvgIpc) is 3.45. The van der Waals surface area contributed by atoms with E-state index in [2.05, 4.69) is 75.6 Å². The molecule has 1 atom stereocenters. The summed E-state index contributed by atoms with van der Waals surface area (Å²) >= 11 is 0. The van der Waals surface area contributed by atoms with Gasteiger partial charge in [-0.25, -0.2) is 0 Å². The van der Waals surface area contributed by atoms with E-state index in [0.717, 1.165) is 43.2 Å². The van der Waals surface area contributed by atoms with E-state index in [4.69, 9.17) is 14.0 Å². The number of β-amino-alcohol motifs (C(OH)–C–C–N with tert-alkyl or cyclic N) is 1. The summed E-state index contributed by atoms with van der Waals surface area (Å²) in [6, 6.07) is 31.3. The van der Waals surface area contributed by atoms with Gasteiger partial charge in [0.1, 0.15) is 24.2 Å². The molecule has 0 spiro atoms. The van der Waals surface area contributed by atoms with Crippen LogP contribution < -0.4 is 4.74 Å². The smallest absolute Gasteiger partial charge is 0.160 e. The highest BCUT2D eigenvalue weighted by Gasteiger charge is 2.27. The Balaban J connectivity index is 1.08. The van der Waals surface area contributed by atoms with Gasteiger partial charge >= 0.3 is 0 Å². The van der Waals surface area contributed by atoms with Crippen LogP contribution in [0.2, 0.25) is 0 Å². The monoisotopic (exact) mass is 539 g/mol. The topological polar surface area (TPSA) is 71.2 Å². The number of hydrogen-bond donors (Lipinski definition) is 1. The summed E-state index contributed by atoms with van der Waals surface area (Å²) in [5.41, 5.74) is 4.40. The van der Waals surface area contributed by atoms with Crippen LogP contribution in [0.3, 0.4) is 0 Å². The molecule has 1 aromatic heterocycles. The first-order valence-electron chi connectivity index (χ1n) is 13.8. The van der Waals surface area contributed by atoms with Crippen molar-refractivity contribution < 1.29 is 19.1 Å². The largest absolute Gasteiger partial charge is 0.491 e. The lowest BCUT2D eigenvalue weighted by atomic mass is 9.96. The Hall–Kier alpha value is -3.75. The van der Waals surface area contributed by atoms with Crippen LogP contribution in [0.4, 0.5) is 0 Å². The zero-order valence-corrected chi connectivity index (χ0v) is 22.9. The Bertz CT molecular complexity index is 1280. The zero-order chi connectivity index (χ0) is 27.6. The molecule has 3 aromatic carbocycles. The third-order valence-electron chi connectivity index (χ3n) is 7.10. The van der Waals surface area contributed by atoms with Crippen molar-refractivity contribution in [2.24, 2.45) is 0 Å². The summed E-state index contributed by atoms with van der Waals surface area (Å²) in [6.07, 6.45) is 3.26. The van der Waals surface area contributed by atoms with Crippen molar-refractivity contribution in [3.05, 3.63) is 119 Å². The number of aliphatic hydroxyl groups is 1. The minimum atomic E-state index is -0.557. The fraction of sp³-hybridized carbons (Fsp3) is 0.303. The van der Waals surface area contributed by atoms with E-state index < -0.39 is 6.10 Å². The van der Waals surface area contributed by atoms with Gasteiger partial charge in [-0.15, -0.1) is 0 Å². The van der Waals surface area contributed by atoms with E-state index in [0.29, 0.717) is 18.9 Å². The molecule has 7 heteroatoms. The number of benzene rings is 3. The summed E-state index contributed by atoms with van der Waals surface area (Å²) in [4.78, 5) is 4.87. The third kappa shape index (κ3) is 7.67. The first kappa shape index (κ1) is 27.8. The van der Waals surface area contributed by atoms with Crippen LogP contribution in [0.25, 0.3) is 12.2 Å². The van der Waals surface area contributed by atoms with Crippen molar-refractivity contribution in [3.8, 4) is 5.75 Å². The van der Waals surface area contributed by atoms with E-state index >= 15 is 0 Å². The Morgan fingerprint density at radius 2 is 1.52 bits per heavy atom. The highest BCUT2D eigenvalue weighted by Crippen LogP contribution is 2.29. The Kier molecular flexibility index (Phi) is 9.77. The van der Waals surface area contributed by atoms with Crippen molar-refractivity contribution in [1.82, 2.24) is 15.0 Å². The predicted octanol–water partition coefficient (Wildman–Crippen LogP) is 5.14. The second kappa shape index (κ2) is 14.1. The van der Waals surface area contributed by atoms with Gasteiger partial charge in [-0.3, -0.25) is 9.80 Å². The summed E-state index contributed by atoms with van der Waals surface area (Å²) in [6.45, 7) is 4.98. The summed E-state index contributed by atoms with van der Waals surface area (Å²) in [5.74, 6) is 1.41. The lowest BCUT2D eigenvalue weighted by Gasteiger charge is -2.40. The van der Waals surface area contributed by atoms with Crippen LogP contribution in [-0.4, -0.2) is 72.6 Å². The summed E-state index contributed by atoms with van der Waals surface area (Å²) in [5, 5.41) is 14.6. The molecule has 7 nitrogen and oxygen atoms in total. The molecule has 0 saturated carbocycles. The second-order valence-corrected chi connectivity index (χ2v) is 10.1. The highest BCUT2D eigenvalue weighted by molar-refractivity contribution is 5.67. The molecule has 208 valence electrons. The van der Waals surface area contributed by atoms with Gasteiger partial charge in [0.25, 0.3) is 0 Å². The van der Waals surface area contributed by atoms with E-state index in [1.165, 1.54) is 11.1 Å². The molecule has 1 aliphatic rings. The number of methoxy groups -OCH3 is 1. The van der Waals surface area contributed by atoms with Crippen molar-refractivity contribution in [2.75, 3.05) is 46.4 Å². The van der Waals surface area contributed by atoms with Crippen LogP contribution >= 0.6 is 0 Å². The maximum atomic E-state index is 10.7.